The van der Waals surface area contributed by atoms with Crippen LogP contribution < -0.4 is 14.9 Å². The number of nitrogens with one attached hydrogen (secondary N) is 1. The van der Waals surface area contributed by atoms with E-state index in [0.29, 0.717) is 17.1 Å². The van der Waals surface area contributed by atoms with Gasteiger partial charge in [0.05, 0.1) is 24.6 Å². The maximum Gasteiger partial charge on any atom is 0.343 e. The van der Waals surface area contributed by atoms with Gasteiger partial charge in [0, 0.05) is 0 Å². The molecule has 0 unspecified atom stereocenters. The molecule has 0 radical (unpaired) electrons. The number of para-hydroxylation sites is 1. The van der Waals surface area contributed by atoms with Gasteiger partial charge in [-0.3, -0.25) is 5.43 Å². The summed E-state index contributed by atoms with van der Waals surface area (Å²) in [5.41, 5.74) is 5.10. The molecule has 3 aromatic carbocycles. The van der Waals surface area contributed by atoms with Crippen LogP contribution in [0.4, 0.5) is 5.69 Å². The van der Waals surface area contributed by atoms with Crippen LogP contribution in [0.25, 0.3) is 0 Å². The van der Waals surface area contributed by atoms with Crippen molar-refractivity contribution in [3.8, 4) is 11.5 Å². The van der Waals surface area contributed by atoms with Crippen molar-refractivity contribution in [2.24, 2.45) is 5.10 Å². The summed E-state index contributed by atoms with van der Waals surface area (Å²) in [5.74, 6) is 0.712. The number of hydrogen-bond donors (Lipinski definition) is 1. The molecule has 0 saturated heterocycles. The smallest absolute Gasteiger partial charge is 0.343 e. The highest BCUT2D eigenvalue weighted by molar-refractivity contribution is 5.91. The van der Waals surface area contributed by atoms with Crippen molar-refractivity contribution in [2.45, 2.75) is 0 Å². The molecular weight excluding hydrogens is 328 g/mol. The summed E-state index contributed by atoms with van der Waals surface area (Å²) in [6.07, 6.45) is 1.66. The Kier molecular flexibility index (Phi) is 5.62. The summed E-state index contributed by atoms with van der Waals surface area (Å²) in [7, 11) is 1.58. The molecule has 5 nitrogen and oxygen atoms in total. The van der Waals surface area contributed by atoms with Gasteiger partial charge in [0.25, 0.3) is 0 Å². The fraction of sp³-hybridized carbons (Fsp3) is 0.0476. The highest BCUT2D eigenvalue weighted by atomic mass is 16.5. The van der Waals surface area contributed by atoms with Gasteiger partial charge in [0.2, 0.25) is 0 Å². The van der Waals surface area contributed by atoms with Gasteiger partial charge in [-0.05, 0) is 54.1 Å². The largest absolute Gasteiger partial charge is 0.497 e. The number of benzene rings is 3. The molecule has 130 valence electrons. The van der Waals surface area contributed by atoms with Crippen molar-refractivity contribution >= 4 is 17.9 Å². The van der Waals surface area contributed by atoms with Crippen LogP contribution in [0.3, 0.4) is 0 Å². The second-order valence-electron chi connectivity index (χ2n) is 5.43. The van der Waals surface area contributed by atoms with E-state index in [9.17, 15) is 4.79 Å². The molecule has 0 atom stereocenters. The van der Waals surface area contributed by atoms with Crippen molar-refractivity contribution in [2.75, 3.05) is 12.5 Å². The minimum absolute atomic E-state index is 0.427. The number of esters is 1. The third kappa shape index (κ3) is 4.70. The van der Waals surface area contributed by atoms with Gasteiger partial charge >= 0.3 is 5.97 Å². The van der Waals surface area contributed by atoms with Crippen LogP contribution in [0.2, 0.25) is 0 Å². The zero-order chi connectivity index (χ0) is 18.2. The van der Waals surface area contributed by atoms with Crippen molar-refractivity contribution < 1.29 is 14.3 Å². The van der Waals surface area contributed by atoms with Crippen LogP contribution in [-0.4, -0.2) is 19.3 Å². The van der Waals surface area contributed by atoms with E-state index in [1.54, 1.807) is 55.8 Å². The summed E-state index contributed by atoms with van der Waals surface area (Å²) in [6, 6.07) is 23.6. The number of ether oxygens (including phenoxy) is 2. The highest BCUT2D eigenvalue weighted by Gasteiger charge is 2.08. The number of hydrogen-bond acceptors (Lipinski definition) is 5. The summed E-state index contributed by atoms with van der Waals surface area (Å²) in [4.78, 5) is 12.2. The van der Waals surface area contributed by atoms with Crippen LogP contribution >= 0.6 is 0 Å². The van der Waals surface area contributed by atoms with Gasteiger partial charge in [0.1, 0.15) is 11.5 Å². The summed E-state index contributed by atoms with van der Waals surface area (Å²) in [5, 5.41) is 4.18. The van der Waals surface area contributed by atoms with E-state index in [1.807, 2.05) is 36.4 Å². The fourth-order valence-electron chi connectivity index (χ4n) is 2.25. The molecule has 26 heavy (non-hydrogen) atoms. The summed E-state index contributed by atoms with van der Waals surface area (Å²) in [6.45, 7) is 0. The van der Waals surface area contributed by atoms with E-state index in [-0.39, 0.29) is 0 Å². The number of hydrazone groups is 1. The van der Waals surface area contributed by atoms with Crippen molar-refractivity contribution in [3.05, 3.63) is 90.0 Å². The van der Waals surface area contributed by atoms with E-state index < -0.39 is 5.97 Å². The minimum Gasteiger partial charge on any atom is -0.497 e. The molecule has 0 aromatic heterocycles. The van der Waals surface area contributed by atoms with Gasteiger partial charge in [-0.25, -0.2) is 4.79 Å². The number of carbonyl (C=O) groups excluding carboxylic acids is 1. The molecule has 0 amide bonds. The van der Waals surface area contributed by atoms with E-state index in [2.05, 4.69) is 10.5 Å². The monoisotopic (exact) mass is 346 g/mol. The minimum atomic E-state index is -0.427. The lowest BCUT2D eigenvalue weighted by Gasteiger charge is -2.06. The Labute approximate surface area is 151 Å². The molecule has 0 spiro atoms. The van der Waals surface area contributed by atoms with Crippen LogP contribution in [0.15, 0.2) is 84.0 Å². The van der Waals surface area contributed by atoms with Gasteiger partial charge in [0.15, 0.2) is 0 Å². The predicted molar refractivity (Wildman–Crippen MR) is 102 cm³/mol. The Hall–Kier alpha value is -3.60. The van der Waals surface area contributed by atoms with E-state index in [0.717, 1.165) is 11.3 Å². The molecule has 5 heteroatoms. The second kappa shape index (κ2) is 8.48. The van der Waals surface area contributed by atoms with E-state index in [4.69, 9.17) is 9.47 Å². The average Bonchev–Trinajstić information content (AvgIpc) is 2.69. The van der Waals surface area contributed by atoms with E-state index in [1.165, 1.54) is 0 Å². The second-order valence-corrected chi connectivity index (χ2v) is 5.43. The van der Waals surface area contributed by atoms with Gasteiger partial charge in [-0.2, -0.15) is 5.10 Å². The molecule has 0 fully saturated rings. The van der Waals surface area contributed by atoms with Gasteiger partial charge < -0.3 is 9.47 Å². The van der Waals surface area contributed by atoms with Crippen molar-refractivity contribution in [1.29, 1.82) is 0 Å². The Morgan fingerprint density at radius 3 is 2.42 bits per heavy atom. The lowest BCUT2D eigenvalue weighted by molar-refractivity contribution is 0.0734. The summed E-state index contributed by atoms with van der Waals surface area (Å²) >= 11 is 0. The zero-order valence-corrected chi connectivity index (χ0v) is 14.3. The first-order valence-electron chi connectivity index (χ1n) is 8.05. The topological polar surface area (TPSA) is 59.9 Å². The molecule has 0 saturated carbocycles. The molecule has 3 aromatic rings. The third-order valence-electron chi connectivity index (χ3n) is 3.58. The standard InChI is InChI=1S/C21H18N2O3/c1-25-19-12-10-17(11-13-19)21(24)26-20-9-5-6-16(14-20)15-22-23-18-7-3-2-4-8-18/h2-15,23H,1H3. The number of rotatable bonds is 6. The van der Waals surface area contributed by atoms with Crippen LogP contribution in [0, 0.1) is 0 Å². The number of nitrogens with zero attached hydrogens (tertiary/aromatic N) is 1. The van der Waals surface area contributed by atoms with Crippen LogP contribution in [0.5, 0.6) is 11.5 Å². The Morgan fingerprint density at radius 1 is 0.923 bits per heavy atom. The highest BCUT2D eigenvalue weighted by Crippen LogP contribution is 2.16. The zero-order valence-electron chi connectivity index (χ0n) is 14.3. The van der Waals surface area contributed by atoms with Crippen molar-refractivity contribution in [3.63, 3.8) is 0 Å². The first kappa shape index (κ1) is 17.2. The van der Waals surface area contributed by atoms with Crippen LogP contribution in [-0.2, 0) is 0 Å². The maximum absolute atomic E-state index is 12.2. The first-order chi connectivity index (χ1) is 12.7. The molecule has 0 heterocycles. The van der Waals surface area contributed by atoms with Crippen molar-refractivity contribution in [1.82, 2.24) is 0 Å². The SMILES string of the molecule is COc1ccc(C(=O)Oc2cccc(C=NNc3ccccc3)c2)cc1. The Morgan fingerprint density at radius 2 is 1.69 bits per heavy atom. The third-order valence-corrected chi connectivity index (χ3v) is 3.58. The van der Waals surface area contributed by atoms with E-state index >= 15 is 0 Å². The lowest BCUT2D eigenvalue weighted by Crippen LogP contribution is -2.08. The molecule has 3 rings (SSSR count). The van der Waals surface area contributed by atoms with Crippen LogP contribution in [0.1, 0.15) is 15.9 Å². The normalized spacial score (nSPS) is 10.5. The quantitative estimate of drug-likeness (QED) is 0.312. The maximum atomic E-state index is 12.2. The fourth-order valence-corrected chi connectivity index (χ4v) is 2.25. The van der Waals surface area contributed by atoms with Gasteiger partial charge in [-0.15, -0.1) is 0 Å². The molecule has 0 aliphatic heterocycles. The molecule has 0 aliphatic rings. The average molecular weight is 346 g/mol. The van der Waals surface area contributed by atoms with Gasteiger partial charge in [-0.1, -0.05) is 30.3 Å². The number of carbonyl (C=O) groups is 1. The predicted octanol–water partition coefficient (Wildman–Crippen LogP) is 4.36. The number of anilines is 1. The molecular formula is C21H18N2O3. The first-order valence-corrected chi connectivity index (χ1v) is 8.05. The molecule has 1 N–H and O–H groups in total. The lowest BCUT2D eigenvalue weighted by atomic mass is 10.2. The number of methoxy groups -OCH3 is 1. The molecule has 0 aliphatic carbocycles. The summed E-state index contributed by atoms with van der Waals surface area (Å²) < 4.78 is 10.5. The Bertz CT molecular complexity index is 891. The molecule has 0 bridgehead atoms. The Balaban J connectivity index is 1.63.